The molecule has 0 radical (unpaired) electrons. The van der Waals surface area contributed by atoms with E-state index in [0.29, 0.717) is 15.6 Å². The molecule has 1 saturated carbocycles. The van der Waals surface area contributed by atoms with Gasteiger partial charge in [-0.05, 0) is 35.6 Å². The van der Waals surface area contributed by atoms with E-state index in [0.717, 1.165) is 12.0 Å². The Hall–Kier alpha value is -2.03. The molecule has 0 unspecified atom stereocenters. The molecule has 1 N–H and O–H groups in total. The van der Waals surface area contributed by atoms with Crippen LogP contribution in [-0.4, -0.2) is 15.7 Å². The number of carbonyl (C=O) groups excluding carboxylic acids is 1. The number of nitriles is 1. The quantitative estimate of drug-likeness (QED) is 0.921. The van der Waals surface area contributed by atoms with Crippen LogP contribution in [0.15, 0.2) is 30.6 Å². The molecule has 1 aliphatic rings. The number of amides is 1. The summed E-state index contributed by atoms with van der Waals surface area (Å²) in [6.07, 6.45) is 4.47. The number of nitrogens with zero attached hydrogens (tertiary/aromatic N) is 3. The zero-order valence-corrected chi connectivity index (χ0v) is 13.8. The highest BCUT2D eigenvalue weighted by Crippen LogP contribution is 2.47. The van der Waals surface area contributed by atoms with Crippen LogP contribution in [0.25, 0.3) is 0 Å². The number of benzene rings is 1. The molecule has 5 nitrogen and oxygen atoms in total. The van der Waals surface area contributed by atoms with Crippen LogP contribution in [0.5, 0.6) is 0 Å². The van der Waals surface area contributed by atoms with Crippen LogP contribution in [0.4, 0.5) is 0 Å². The minimum atomic E-state index is -0.743. The molecule has 0 spiro atoms. The average molecular weight is 349 g/mol. The van der Waals surface area contributed by atoms with E-state index in [1.807, 2.05) is 13.2 Å². The molecule has 0 bridgehead atoms. The van der Waals surface area contributed by atoms with Crippen LogP contribution >= 0.6 is 23.2 Å². The molecule has 23 heavy (non-hydrogen) atoms. The summed E-state index contributed by atoms with van der Waals surface area (Å²) >= 11 is 11.8. The third kappa shape index (κ3) is 3.34. The van der Waals surface area contributed by atoms with Crippen molar-refractivity contribution in [3.8, 4) is 6.07 Å². The van der Waals surface area contributed by atoms with Gasteiger partial charge in [-0.2, -0.15) is 10.4 Å². The summed E-state index contributed by atoms with van der Waals surface area (Å²) in [4.78, 5) is 12.3. The molecule has 118 valence electrons. The molecular formula is C16H14Cl2N4O. The Morgan fingerprint density at radius 2 is 2.26 bits per heavy atom. The molecule has 1 heterocycles. The Balaban J connectivity index is 1.67. The highest BCUT2D eigenvalue weighted by Gasteiger charge is 2.45. The van der Waals surface area contributed by atoms with Crippen molar-refractivity contribution in [3.05, 3.63) is 51.8 Å². The summed E-state index contributed by atoms with van der Waals surface area (Å²) in [7, 11) is 1.84. The third-order valence-electron chi connectivity index (χ3n) is 3.97. The van der Waals surface area contributed by atoms with E-state index >= 15 is 0 Å². The average Bonchev–Trinajstić information content (AvgIpc) is 3.22. The first-order chi connectivity index (χ1) is 11.0. The predicted octanol–water partition coefficient (Wildman–Crippen LogP) is 3.21. The van der Waals surface area contributed by atoms with Gasteiger partial charge in [0.25, 0.3) is 0 Å². The van der Waals surface area contributed by atoms with Gasteiger partial charge >= 0.3 is 0 Å². The van der Waals surface area contributed by atoms with E-state index in [9.17, 15) is 10.1 Å². The Kier molecular flexibility index (Phi) is 4.29. The van der Waals surface area contributed by atoms with Gasteiger partial charge in [0.1, 0.15) is 6.04 Å². The molecule has 3 atom stereocenters. The molecule has 1 aromatic heterocycles. The molecule has 7 heteroatoms. The van der Waals surface area contributed by atoms with Gasteiger partial charge in [0.2, 0.25) is 5.91 Å². The normalized spacial score (nSPS) is 20.6. The van der Waals surface area contributed by atoms with Crippen LogP contribution in [0, 0.1) is 17.2 Å². The Labute approximate surface area is 143 Å². The van der Waals surface area contributed by atoms with Gasteiger partial charge in [-0.15, -0.1) is 0 Å². The van der Waals surface area contributed by atoms with Crippen LogP contribution in [0.3, 0.4) is 0 Å². The van der Waals surface area contributed by atoms with Crippen molar-refractivity contribution in [1.29, 1.82) is 5.26 Å². The van der Waals surface area contributed by atoms with E-state index in [2.05, 4.69) is 16.5 Å². The highest BCUT2D eigenvalue weighted by atomic mass is 35.5. The predicted molar refractivity (Wildman–Crippen MR) is 87.0 cm³/mol. The number of aromatic nitrogens is 2. The van der Waals surface area contributed by atoms with Crippen molar-refractivity contribution in [2.24, 2.45) is 13.0 Å². The minimum Gasteiger partial charge on any atom is -0.336 e. The lowest BCUT2D eigenvalue weighted by Gasteiger charge is -2.12. The molecule has 0 saturated heterocycles. The lowest BCUT2D eigenvalue weighted by atomic mass is 10.1. The number of hydrogen-bond acceptors (Lipinski definition) is 3. The summed E-state index contributed by atoms with van der Waals surface area (Å²) in [6, 6.07) is 6.25. The van der Waals surface area contributed by atoms with Crippen molar-refractivity contribution in [1.82, 2.24) is 15.1 Å². The molecule has 0 aliphatic heterocycles. The third-order valence-corrected chi connectivity index (χ3v) is 4.71. The van der Waals surface area contributed by atoms with Gasteiger partial charge < -0.3 is 5.32 Å². The maximum atomic E-state index is 12.3. The maximum Gasteiger partial charge on any atom is 0.225 e. The summed E-state index contributed by atoms with van der Waals surface area (Å²) in [5, 5.41) is 17.0. The Morgan fingerprint density at radius 1 is 1.48 bits per heavy atom. The monoisotopic (exact) mass is 348 g/mol. The van der Waals surface area contributed by atoms with Gasteiger partial charge in [0.15, 0.2) is 0 Å². The van der Waals surface area contributed by atoms with Crippen LogP contribution < -0.4 is 5.32 Å². The number of hydrogen-bond donors (Lipinski definition) is 1. The van der Waals surface area contributed by atoms with Gasteiger partial charge in [-0.25, -0.2) is 0 Å². The van der Waals surface area contributed by atoms with Crippen LogP contribution in [0.2, 0.25) is 10.0 Å². The van der Waals surface area contributed by atoms with Crippen LogP contribution in [-0.2, 0) is 11.8 Å². The fourth-order valence-electron chi connectivity index (χ4n) is 2.62. The number of rotatable bonds is 4. The smallest absolute Gasteiger partial charge is 0.225 e. The summed E-state index contributed by atoms with van der Waals surface area (Å²) in [5.41, 5.74) is 1.67. The number of halogens is 2. The summed E-state index contributed by atoms with van der Waals surface area (Å²) < 4.78 is 1.72. The van der Waals surface area contributed by atoms with E-state index < -0.39 is 6.04 Å². The second kappa shape index (κ2) is 6.23. The zero-order valence-electron chi connectivity index (χ0n) is 12.3. The topological polar surface area (TPSA) is 70.7 Å². The summed E-state index contributed by atoms with van der Waals surface area (Å²) in [6.45, 7) is 0. The largest absolute Gasteiger partial charge is 0.336 e. The van der Waals surface area contributed by atoms with Gasteiger partial charge in [-0.3, -0.25) is 9.48 Å². The molecule has 1 amide bonds. The number of nitrogens with one attached hydrogen (secondary N) is 1. The molecule has 3 rings (SSSR count). The second-order valence-corrected chi connectivity index (χ2v) is 6.45. The zero-order chi connectivity index (χ0) is 16.6. The summed E-state index contributed by atoms with van der Waals surface area (Å²) in [5.74, 6) is -0.0638. The van der Waals surface area contributed by atoms with E-state index in [1.165, 1.54) is 0 Å². The SMILES string of the molecule is Cn1cc([C@@H]2C[C@H]2C(=O)N[C@H](C#N)c2ccc(Cl)c(Cl)c2)cn1. The second-order valence-electron chi connectivity index (χ2n) is 5.64. The minimum absolute atomic E-state index is 0.113. The van der Waals surface area contributed by atoms with Gasteiger partial charge in [-0.1, -0.05) is 29.3 Å². The van der Waals surface area contributed by atoms with E-state index in [4.69, 9.17) is 23.2 Å². The first-order valence-electron chi connectivity index (χ1n) is 7.13. The first-order valence-corrected chi connectivity index (χ1v) is 7.88. The maximum absolute atomic E-state index is 12.3. The van der Waals surface area contributed by atoms with Gasteiger partial charge in [0, 0.05) is 19.2 Å². The van der Waals surface area contributed by atoms with Crippen molar-refractivity contribution < 1.29 is 4.79 Å². The molecule has 2 aromatic rings. The molecule has 1 fully saturated rings. The van der Waals surface area contributed by atoms with Crippen molar-refractivity contribution in [2.75, 3.05) is 0 Å². The standard InChI is InChI=1S/C16H14Cl2N4O/c1-22-8-10(7-20-22)11-5-12(11)16(23)21-15(6-19)9-2-3-13(17)14(18)4-9/h2-4,7-8,11-12,15H,5H2,1H3,(H,21,23)/t11-,12+,15+/m0/s1. The van der Waals surface area contributed by atoms with Crippen molar-refractivity contribution in [2.45, 2.75) is 18.4 Å². The fraction of sp³-hybridized carbons (Fsp3) is 0.312. The Morgan fingerprint density at radius 3 is 2.87 bits per heavy atom. The lowest BCUT2D eigenvalue weighted by molar-refractivity contribution is -0.122. The fourth-order valence-corrected chi connectivity index (χ4v) is 2.92. The Bertz CT molecular complexity index is 796. The van der Waals surface area contributed by atoms with E-state index in [-0.39, 0.29) is 17.7 Å². The number of aryl methyl sites for hydroxylation is 1. The lowest BCUT2D eigenvalue weighted by Crippen LogP contribution is -2.29. The van der Waals surface area contributed by atoms with Gasteiger partial charge in [0.05, 0.1) is 22.3 Å². The van der Waals surface area contributed by atoms with Crippen molar-refractivity contribution >= 4 is 29.1 Å². The first kappa shape index (κ1) is 15.9. The van der Waals surface area contributed by atoms with Crippen LogP contribution in [0.1, 0.15) is 29.5 Å². The molecule has 1 aromatic carbocycles. The highest BCUT2D eigenvalue weighted by molar-refractivity contribution is 6.42. The van der Waals surface area contributed by atoms with Crippen molar-refractivity contribution in [3.63, 3.8) is 0 Å². The molecule has 1 aliphatic carbocycles. The number of carbonyl (C=O) groups is 1. The molecular weight excluding hydrogens is 335 g/mol. The van der Waals surface area contributed by atoms with E-state index in [1.54, 1.807) is 29.1 Å².